The normalized spacial score (nSPS) is 19.8. The molecule has 26 heavy (non-hydrogen) atoms. The zero-order valence-corrected chi connectivity index (χ0v) is 14.2. The molecule has 2 aliphatic rings. The number of carbonyl (C=O) groups excluding carboxylic acids is 2. The number of ether oxygens (including phenoxy) is 3. The average molecular weight is 356 g/mol. The van der Waals surface area contributed by atoms with Crippen LogP contribution >= 0.6 is 0 Å². The summed E-state index contributed by atoms with van der Waals surface area (Å²) < 4.78 is 15.8. The first-order chi connectivity index (χ1) is 12.4. The van der Waals surface area contributed by atoms with Crippen molar-refractivity contribution in [1.29, 1.82) is 0 Å². The van der Waals surface area contributed by atoms with Crippen molar-refractivity contribution in [3.63, 3.8) is 0 Å². The molecule has 0 saturated heterocycles. The Morgan fingerprint density at radius 2 is 1.96 bits per heavy atom. The molecule has 1 spiro atoms. The molecule has 7 heteroatoms. The van der Waals surface area contributed by atoms with Crippen molar-refractivity contribution in [3.05, 3.63) is 41.0 Å². The van der Waals surface area contributed by atoms with E-state index in [0.29, 0.717) is 12.0 Å². The molecule has 1 aliphatic carbocycles. The van der Waals surface area contributed by atoms with Gasteiger partial charge >= 0.3 is 5.97 Å². The number of rotatable bonds is 2. The van der Waals surface area contributed by atoms with Gasteiger partial charge < -0.3 is 24.4 Å². The lowest BCUT2D eigenvalue weighted by atomic mass is 9.60. The molecule has 0 radical (unpaired) electrons. The molecule has 0 saturated carbocycles. The number of phenols is 2. The van der Waals surface area contributed by atoms with Gasteiger partial charge in [-0.05, 0) is 29.7 Å². The van der Waals surface area contributed by atoms with E-state index in [-0.39, 0.29) is 46.7 Å². The molecular weight excluding hydrogens is 340 g/mol. The maximum absolute atomic E-state index is 13.2. The predicted molar refractivity (Wildman–Crippen MR) is 89.3 cm³/mol. The SMILES string of the molecule is COc1cc2c(cc1O)C[C@]21COc2cc(OC(C)=O)cc(O)c2C1=O. The molecule has 0 amide bonds. The summed E-state index contributed by atoms with van der Waals surface area (Å²) >= 11 is 0. The van der Waals surface area contributed by atoms with Crippen molar-refractivity contribution in [2.24, 2.45) is 0 Å². The van der Waals surface area contributed by atoms with Crippen molar-refractivity contribution < 1.29 is 34.0 Å². The smallest absolute Gasteiger partial charge is 0.308 e. The maximum Gasteiger partial charge on any atom is 0.308 e. The van der Waals surface area contributed by atoms with Gasteiger partial charge in [-0.25, -0.2) is 0 Å². The highest BCUT2D eigenvalue weighted by atomic mass is 16.5. The van der Waals surface area contributed by atoms with Crippen molar-refractivity contribution in [2.45, 2.75) is 18.8 Å². The molecule has 0 aromatic heterocycles. The Kier molecular flexibility index (Phi) is 3.37. The second kappa shape index (κ2) is 5.39. The monoisotopic (exact) mass is 356 g/mol. The van der Waals surface area contributed by atoms with Gasteiger partial charge in [0.2, 0.25) is 0 Å². The summed E-state index contributed by atoms with van der Waals surface area (Å²) in [6.07, 6.45) is 0.392. The minimum atomic E-state index is -0.927. The van der Waals surface area contributed by atoms with Gasteiger partial charge in [-0.15, -0.1) is 0 Å². The van der Waals surface area contributed by atoms with E-state index in [0.717, 1.165) is 5.56 Å². The summed E-state index contributed by atoms with van der Waals surface area (Å²) in [4.78, 5) is 24.3. The summed E-state index contributed by atoms with van der Waals surface area (Å²) in [5.74, 6) is -0.541. The molecule has 1 heterocycles. The van der Waals surface area contributed by atoms with E-state index in [2.05, 4.69) is 0 Å². The van der Waals surface area contributed by atoms with E-state index >= 15 is 0 Å². The lowest BCUT2D eigenvalue weighted by Crippen LogP contribution is -2.52. The second-order valence-corrected chi connectivity index (χ2v) is 6.47. The number of hydrogen-bond donors (Lipinski definition) is 2. The van der Waals surface area contributed by atoms with Crippen molar-refractivity contribution in [2.75, 3.05) is 13.7 Å². The van der Waals surface area contributed by atoms with E-state index in [1.54, 1.807) is 12.1 Å². The Labute approximate surface area is 148 Å². The largest absolute Gasteiger partial charge is 0.507 e. The predicted octanol–water partition coefficient (Wildman–Crippen LogP) is 2.10. The summed E-state index contributed by atoms with van der Waals surface area (Å²) in [6.45, 7) is 1.33. The minimum Gasteiger partial charge on any atom is -0.507 e. The highest BCUT2D eigenvalue weighted by Crippen LogP contribution is 2.52. The van der Waals surface area contributed by atoms with E-state index in [1.165, 1.54) is 26.2 Å². The number of hydrogen-bond acceptors (Lipinski definition) is 7. The Hall–Kier alpha value is -3.22. The quantitative estimate of drug-likeness (QED) is 0.627. The molecule has 134 valence electrons. The third-order valence-electron chi connectivity index (χ3n) is 4.86. The van der Waals surface area contributed by atoms with Crippen molar-refractivity contribution in [1.82, 2.24) is 0 Å². The van der Waals surface area contributed by atoms with Crippen LogP contribution in [0.25, 0.3) is 0 Å². The molecule has 2 aromatic carbocycles. The van der Waals surface area contributed by atoms with Gasteiger partial charge in [0.15, 0.2) is 17.3 Å². The third kappa shape index (κ3) is 2.13. The Morgan fingerprint density at radius 1 is 1.19 bits per heavy atom. The zero-order valence-electron chi connectivity index (χ0n) is 14.2. The van der Waals surface area contributed by atoms with Gasteiger partial charge in [0.1, 0.15) is 29.4 Å². The van der Waals surface area contributed by atoms with Crippen molar-refractivity contribution >= 4 is 11.8 Å². The molecule has 7 nitrogen and oxygen atoms in total. The first-order valence-corrected chi connectivity index (χ1v) is 7.99. The molecule has 2 aromatic rings. The highest BCUT2D eigenvalue weighted by molar-refractivity contribution is 6.11. The fourth-order valence-corrected chi connectivity index (χ4v) is 3.66. The topological polar surface area (TPSA) is 102 Å². The Morgan fingerprint density at radius 3 is 2.65 bits per heavy atom. The molecule has 2 N–H and O–H groups in total. The number of Topliss-reactive ketones (excluding diaryl/α,β-unsaturated/α-hetero) is 1. The van der Waals surface area contributed by atoms with Crippen LogP contribution < -0.4 is 14.2 Å². The summed E-state index contributed by atoms with van der Waals surface area (Å²) in [6, 6.07) is 5.84. The van der Waals surface area contributed by atoms with Crippen LogP contribution in [0.5, 0.6) is 28.7 Å². The summed E-state index contributed by atoms with van der Waals surface area (Å²) in [7, 11) is 1.43. The van der Waals surface area contributed by atoms with E-state index in [1.807, 2.05) is 0 Å². The summed E-state index contributed by atoms with van der Waals surface area (Å²) in [5.41, 5.74) is 0.680. The van der Waals surface area contributed by atoms with Gasteiger partial charge in [0.25, 0.3) is 0 Å². The number of phenolic OH excluding ortho intramolecular Hbond substituents is 2. The van der Waals surface area contributed by atoms with Gasteiger partial charge in [0.05, 0.1) is 12.5 Å². The van der Waals surface area contributed by atoms with Gasteiger partial charge in [-0.3, -0.25) is 9.59 Å². The molecule has 0 unspecified atom stereocenters. The third-order valence-corrected chi connectivity index (χ3v) is 4.86. The average Bonchev–Trinajstić information content (AvgIpc) is 2.55. The van der Waals surface area contributed by atoms with Crippen LogP contribution in [0.3, 0.4) is 0 Å². The van der Waals surface area contributed by atoms with Gasteiger partial charge in [0, 0.05) is 19.1 Å². The van der Waals surface area contributed by atoms with E-state index in [4.69, 9.17) is 14.2 Å². The summed E-state index contributed by atoms with van der Waals surface area (Å²) in [5, 5.41) is 20.2. The van der Waals surface area contributed by atoms with E-state index < -0.39 is 11.4 Å². The lowest BCUT2D eigenvalue weighted by Gasteiger charge is -2.45. The minimum absolute atomic E-state index is 0.0135. The first-order valence-electron chi connectivity index (χ1n) is 7.99. The van der Waals surface area contributed by atoms with Crippen LogP contribution in [0, 0.1) is 0 Å². The molecule has 1 aliphatic heterocycles. The number of carbonyl (C=O) groups is 2. The Balaban J connectivity index is 1.77. The number of fused-ring (bicyclic) bond motifs is 3. The van der Waals surface area contributed by atoms with Crippen LogP contribution in [0.15, 0.2) is 24.3 Å². The fraction of sp³-hybridized carbons (Fsp3) is 0.263. The van der Waals surface area contributed by atoms with Crippen LogP contribution in [0.4, 0.5) is 0 Å². The number of methoxy groups -OCH3 is 1. The zero-order chi connectivity index (χ0) is 18.6. The molecule has 1 atom stereocenters. The molecule has 4 rings (SSSR count). The first kappa shape index (κ1) is 16.3. The van der Waals surface area contributed by atoms with Crippen LogP contribution in [0.1, 0.15) is 28.4 Å². The van der Waals surface area contributed by atoms with Gasteiger partial charge in [-0.1, -0.05) is 0 Å². The Bertz CT molecular complexity index is 963. The molecular formula is C19H16O7. The van der Waals surface area contributed by atoms with E-state index in [9.17, 15) is 19.8 Å². The maximum atomic E-state index is 13.2. The molecule has 0 fully saturated rings. The number of aromatic hydroxyl groups is 2. The standard InChI is InChI=1S/C19H16O7/c1-9(20)26-11-4-14(22)17-16(5-11)25-8-19(18(17)23)7-10-3-13(21)15(24-2)6-12(10)19/h3-6,21-22H,7-8H2,1-2H3/t19-/m0/s1. The second-order valence-electron chi connectivity index (χ2n) is 6.47. The van der Waals surface area contributed by atoms with Crippen molar-refractivity contribution in [3.8, 4) is 28.7 Å². The van der Waals surface area contributed by atoms with Crippen LogP contribution in [0.2, 0.25) is 0 Å². The van der Waals surface area contributed by atoms with Gasteiger partial charge in [-0.2, -0.15) is 0 Å². The number of benzene rings is 2. The fourth-order valence-electron chi connectivity index (χ4n) is 3.66. The van der Waals surface area contributed by atoms with Crippen LogP contribution in [-0.4, -0.2) is 35.7 Å². The molecule has 0 bridgehead atoms. The highest BCUT2D eigenvalue weighted by Gasteiger charge is 2.54. The lowest BCUT2D eigenvalue weighted by molar-refractivity contribution is -0.131. The number of esters is 1. The number of ketones is 1. The van der Waals surface area contributed by atoms with Crippen LogP contribution in [-0.2, 0) is 16.6 Å².